The number of benzene rings is 3. The Balaban J connectivity index is 1.24. The number of amides is 2. The molecule has 8 heteroatoms. The van der Waals surface area contributed by atoms with Gasteiger partial charge in [-0.15, -0.1) is 0 Å². The van der Waals surface area contributed by atoms with Crippen LogP contribution in [-0.2, 0) is 5.41 Å². The molecule has 3 heterocycles. The summed E-state index contributed by atoms with van der Waals surface area (Å²) < 4.78 is 0. The fourth-order valence-corrected chi connectivity index (χ4v) is 5.64. The Labute approximate surface area is 258 Å². The number of carbonyl (C=O) groups is 2. The van der Waals surface area contributed by atoms with E-state index in [4.69, 9.17) is 0 Å². The van der Waals surface area contributed by atoms with Gasteiger partial charge in [0.25, 0.3) is 11.8 Å². The van der Waals surface area contributed by atoms with Crippen LogP contribution in [-0.4, -0.2) is 69.8 Å². The van der Waals surface area contributed by atoms with E-state index in [0.29, 0.717) is 11.1 Å². The van der Waals surface area contributed by atoms with Crippen molar-refractivity contribution >= 4 is 28.5 Å². The van der Waals surface area contributed by atoms with Gasteiger partial charge in [0, 0.05) is 59.6 Å². The summed E-state index contributed by atoms with van der Waals surface area (Å²) in [6.45, 7) is 11.7. The first-order valence-corrected chi connectivity index (χ1v) is 15.0. The Bertz CT molecular complexity index is 1830. The second-order valence-electron chi connectivity index (χ2n) is 12.6. The number of hydrogen-bond acceptors (Lipinski definition) is 5. The van der Waals surface area contributed by atoms with Crippen molar-refractivity contribution < 1.29 is 9.59 Å². The maximum Gasteiger partial charge on any atom is 0.255 e. The molecule has 44 heavy (non-hydrogen) atoms. The second kappa shape index (κ2) is 11.7. The van der Waals surface area contributed by atoms with Gasteiger partial charge in [-0.1, -0.05) is 57.2 Å². The van der Waals surface area contributed by atoms with E-state index >= 15 is 0 Å². The molecule has 1 aliphatic rings. The molecule has 0 saturated carbocycles. The van der Waals surface area contributed by atoms with Gasteiger partial charge in [0.15, 0.2) is 0 Å². The Morgan fingerprint density at radius 2 is 1.55 bits per heavy atom. The lowest BCUT2D eigenvalue weighted by molar-refractivity contribution is 0.0664. The van der Waals surface area contributed by atoms with Gasteiger partial charge in [-0.05, 0) is 72.5 Å². The lowest BCUT2D eigenvalue weighted by Gasteiger charge is -2.32. The Kier molecular flexibility index (Phi) is 7.78. The SMILES string of the molecule is Cc1c(NC(=O)c2ccc(C(C)(C)C)cc2)cccc1-c1ncnc2[nH]c(-c3ccc(C(=O)N4CCN(C)CC4)cc3)cc12. The van der Waals surface area contributed by atoms with E-state index in [2.05, 4.69) is 53.0 Å². The highest BCUT2D eigenvalue weighted by molar-refractivity contribution is 6.05. The number of anilines is 1. The summed E-state index contributed by atoms with van der Waals surface area (Å²) in [4.78, 5) is 42.9. The molecular formula is C36H38N6O2. The van der Waals surface area contributed by atoms with Crippen molar-refractivity contribution in [3.8, 4) is 22.5 Å². The van der Waals surface area contributed by atoms with Crippen molar-refractivity contribution in [2.45, 2.75) is 33.1 Å². The van der Waals surface area contributed by atoms with Crippen molar-refractivity contribution in [3.05, 3.63) is 101 Å². The molecule has 0 bridgehead atoms. The zero-order valence-electron chi connectivity index (χ0n) is 25.9. The average Bonchev–Trinajstić information content (AvgIpc) is 3.47. The number of H-pyrrole nitrogens is 1. The third kappa shape index (κ3) is 5.85. The van der Waals surface area contributed by atoms with Crippen molar-refractivity contribution in [2.75, 3.05) is 38.5 Å². The Hall–Kier alpha value is -4.82. The van der Waals surface area contributed by atoms with Gasteiger partial charge >= 0.3 is 0 Å². The Morgan fingerprint density at radius 3 is 2.23 bits per heavy atom. The van der Waals surface area contributed by atoms with Gasteiger partial charge < -0.3 is 20.1 Å². The van der Waals surface area contributed by atoms with Crippen LogP contribution in [0.25, 0.3) is 33.5 Å². The highest BCUT2D eigenvalue weighted by Gasteiger charge is 2.21. The molecular weight excluding hydrogens is 548 g/mol. The lowest BCUT2D eigenvalue weighted by atomic mass is 9.86. The highest BCUT2D eigenvalue weighted by Crippen LogP contribution is 2.34. The molecule has 6 rings (SSSR count). The van der Waals surface area contributed by atoms with Crippen molar-refractivity contribution in [1.82, 2.24) is 24.8 Å². The summed E-state index contributed by atoms with van der Waals surface area (Å²) in [5, 5.41) is 3.97. The van der Waals surface area contributed by atoms with Crippen LogP contribution in [0.4, 0.5) is 5.69 Å². The quantitative estimate of drug-likeness (QED) is 0.244. The number of hydrogen-bond donors (Lipinski definition) is 2. The number of likely N-dealkylation sites (N-methyl/N-ethyl adjacent to an activating group) is 1. The molecule has 2 aromatic heterocycles. The third-order valence-electron chi connectivity index (χ3n) is 8.51. The van der Waals surface area contributed by atoms with Crippen LogP contribution in [0.2, 0.25) is 0 Å². The van der Waals surface area contributed by atoms with E-state index < -0.39 is 0 Å². The standard InChI is InChI=1S/C36H38N6O2/c1-23-28(7-6-8-30(23)40-34(43)25-13-15-27(16-14-25)36(2,3)4)32-29-21-31(39-33(29)38-22-37-32)24-9-11-26(12-10-24)35(44)42-19-17-41(5)18-20-42/h6-16,21-22H,17-20H2,1-5H3,(H,40,43)(H,37,38,39). The molecule has 0 aliphatic carbocycles. The maximum atomic E-state index is 13.1. The minimum Gasteiger partial charge on any atom is -0.339 e. The molecule has 0 atom stereocenters. The number of fused-ring (bicyclic) bond motifs is 1. The van der Waals surface area contributed by atoms with Gasteiger partial charge in [0.2, 0.25) is 0 Å². The summed E-state index contributed by atoms with van der Waals surface area (Å²) in [5.74, 6) is -0.0872. The molecule has 0 unspecified atom stereocenters. The molecule has 224 valence electrons. The number of carbonyl (C=O) groups excluding carboxylic acids is 2. The first kappa shape index (κ1) is 29.3. The summed E-state index contributed by atoms with van der Waals surface area (Å²) in [6, 6.07) is 23.4. The van der Waals surface area contributed by atoms with E-state index in [9.17, 15) is 9.59 Å². The second-order valence-corrected chi connectivity index (χ2v) is 12.6. The topological polar surface area (TPSA) is 94.2 Å². The number of piperazine rings is 1. The van der Waals surface area contributed by atoms with Gasteiger partial charge in [-0.2, -0.15) is 0 Å². The van der Waals surface area contributed by atoms with Crippen molar-refractivity contribution in [2.24, 2.45) is 0 Å². The highest BCUT2D eigenvalue weighted by atomic mass is 16.2. The third-order valence-corrected chi connectivity index (χ3v) is 8.51. The monoisotopic (exact) mass is 586 g/mol. The van der Waals surface area contributed by atoms with Gasteiger partial charge in [0.1, 0.15) is 12.0 Å². The zero-order valence-corrected chi connectivity index (χ0v) is 25.9. The average molecular weight is 587 g/mol. The van der Waals surface area contributed by atoms with E-state index in [1.165, 1.54) is 5.56 Å². The summed E-state index contributed by atoms with van der Waals surface area (Å²) in [7, 11) is 2.08. The van der Waals surface area contributed by atoms with Crippen molar-refractivity contribution in [1.29, 1.82) is 0 Å². The van der Waals surface area contributed by atoms with E-state index in [0.717, 1.165) is 71.0 Å². The fourth-order valence-electron chi connectivity index (χ4n) is 5.64. The van der Waals surface area contributed by atoms with E-state index in [1.54, 1.807) is 6.33 Å². The summed E-state index contributed by atoms with van der Waals surface area (Å²) in [6.07, 6.45) is 1.55. The molecule has 0 spiro atoms. The van der Waals surface area contributed by atoms with Crippen LogP contribution in [0.5, 0.6) is 0 Å². The minimum atomic E-state index is -0.156. The smallest absolute Gasteiger partial charge is 0.255 e. The summed E-state index contributed by atoms with van der Waals surface area (Å²) in [5.41, 5.74) is 8.41. The molecule has 1 fully saturated rings. The first-order valence-electron chi connectivity index (χ1n) is 15.0. The normalized spacial score (nSPS) is 14.2. The van der Waals surface area contributed by atoms with Crippen molar-refractivity contribution in [3.63, 3.8) is 0 Å². The Morgan fingerprint density at radius 1 is 0.864 bits per heavy atom. The van der Waals surface area contributed by atoms with Gasteiger partial charge in [-0.3, -0.25) is 9.59 Å². The predicted octanol–water partition coefficient (Wildman–Crippen LogP) is 6.54. The van der Waals surface area contributed by atoms with Crippen LogP contribution in [0.1, 0.15) is 52.6 Å². The molecule has 1 aliphatic heterocycles. The first-order chi connectivity index (χ1) is 21.1. The van der Waals surface area contributed by atoms with Gasteiger partial charge in [-0.25, -0.2) is 9.97 Å². The zero-order chi connectivity index (χ0) is 31.0. The lowest BCUT2D eigenvalue weighted by Crippen LogP contribution is -2.47. The van der Waals surface area contributed by atoms with Crippen LogP contribution in [0, 0.1) is 6.92 Å². The molecule has 5 aromatic rings. The van der Waals surface area contributed by atoms with Crippen LogP contribution in [0.3, 0.4) is 0 Å². The fraction of sp³-hybridized carbons (Fsp3) is 0.278. The number of rotatable bonds is 5. The molecule has 3 aromatic carbocycles. The maximum absolute atomic E-state index is 13.1. The predicted molar refractivity (Wildman–Crippen MR) is 176 cm³/mol. The van der Waals surface area contributed by atoms with Crippen LogP contribution >= 0.6 is 0 Å². The molecule has 2 N–H and O–H groups in total. The number of aromatic amines is 1. The molecule has 0 radical (unpaired) electrons. The van der Waals surface area contributed by atoms with E-state index in [-0.39, 0.29) is 17.2 Å². The van der Waals surface area contributed by atoms with Crippen LogP contribution in [0.15, 0.2) is 79.1 Å². The largest absolute Gasteiger partial charge is 0.339 e. The number of nitrogens with zero attached hydrogens (tertiary/aromatic N) is 4. The molecule has 8 nitrogen and oxygen atoms in total. The molecule has 2 amide bonds. The molecule has 1 saturated heterocycles. The van der Waals surface area contributed by atoms with Gasteiger partial charge in [0.05, 0.1) is 5.69 Å². The van der Waals surface area contributed by atoms with E-state index in [1.807, 2.05) is 84.6 Å². The minimum absolute atomic E-state index is 0.0218. The van der Waals surface area contributed by atoms with Crippen LogP contribution < -0.4 is 5.32 Å². The number of nitrogens with one attached hydrogen (secondary N) is 2. The number of aromatic nitrogens is 3. The summed E-state index contributed by atoms with van der Waals surface area (Å²) >= 11 is 0.